The van der Waals surface area contributed by atoms with Crippen molar-refractivity contribution in [1.29, 1.82) is 0 Å². The van der Waals surface area contributed by atoms with E-state index in [2.05, 4.69) is 10.3 Å². The molecule has 6 heteroatoms. The van der Waals surface area contributed by atoms with Crippen molar-refractivity contribution in [3.05, 3.63) is 52.6 Å². The first-order valence-electron chi connectivity index (χ1n) is 5.51. The van der Waals surface area contributed by atoms with Gasteiger partial charge in [-0.15, -0.1) is 0 Å². The van der Waals surface area contributed by atoms with Crippen LogP contribution >= 0.6 is 0 Å². The highest BCUT2D eigenvalue weighted by Crippen LogP contribution is 2.21. The van der Waals surface area contributed by atoms with Crippen LogP contribution in [0.1, 0.15) is 21.7 Å². The van der Waals surface area contributed by atoms with Crippen molar-refractivity contribution in [3.8, 4) is 0 Å². The van der Waals surface area contributed by atoms with Gasteiger partial charge in [0.1, 0.15) is 0 Å². The van der Waals surface area contributed by atoms with Crippen LogP contribution in [0.3, 0.4) is 0 Å². The number of aryl methyl sites for hydroxylation is 2. The van der Waals surface area contributed by atoms with Crippen molar-refractivity contribution in [2.24, 2.45) is 0 Å². The molecular formula is C13H11F3N2O. The first-order valence-corrected chi connectivity index (χ1v) is 5.51. The van der Waals surface area contributed by atoms with E-state index in [0.717, 1.165) is 17.8 Å². The van der Waals surface area contributed by atoms with Gasteiger partial charge in [0, 0.05) is 11.4 Å². The van der Waals surface area contributed by atoms with Crippen LogP contribution in [0.25, 0.3) is 0 Å². The van der Waals surface area contributed by atoms with Crippen LogP contribution in [0.5, 0.6) is 0 Å². The Balaban J connectivity index is 2.29. The number of anilines is 1. The molecule has 0 aliphatic rings. The van der Waals surface area contributed by atoms with Gasteiger partial charge in [0.15, 0.2) is 17.5 Å². The molecule has 1 aromatic heterocycles. The second-order valence-corrected chi connectivity index (χ2v) is 4.17. The van der Waals surface area contributed by atoms with E-state index < -0.39 is 29.0 Å². The molecule has 1 heterocycles. The first-order chi connectivity index (χ1) is 8.90. The molecule has 2 N–H and O–H groups in total. The van der Waals surface area contributed by atoms with Crippen molar-refractivity contribution in [2.75, 3.05) is 5.32 Å². The van der Waals surface area contributed by atoms with E-state index >= 15 is 0 Å². The van der Waals surface area contributed by atoms with Gasteiger partial charge in [-0.25, -0.2) is 13.2 Å². The van der Waals surface area contributed by atoms with Crippen LogP contribution in [0.15, 0.2) is 18.2 Å². The van der Waals surface area contributed by atoms with Crippen LogP contribution in [0.4, 0.5) is 18.9 Å². The number of aromatic amines is 1. The third-order valence-corrected chi connectivity index (χ3v) is 2.68. The highest BCUT2D eigenvalue weighted by molar-refractivity contribution is 6.05. The third-order valence-electron chi connectivity index (χ3n) is 2.68. The lowest BCUT2D eigenvalue weighted by atomic mass is 10.2. The summed E-state index contributed by atoms with van der Waals surface area (Å²) in [6, 6.07) is 3.31. The molecule has 0 unspecified atom stereocenters. The molecule has 0 fully saturated rings. The zero-order valence-corrected chi connectivity index (χ0v) is 10.3. The Morgan fingerprint density at radius 1 is 1.16 bits per heavy atom. The Morgan fingerprint density at radius 2 is 1.84 bits per heavy atom. The second-order valence-electron chi connectivity index (χ2n) is 4.17. The summed E-state index contributed by atoms with van der Waals surface area (Å²) in [4.78, 5) is 14.8. The van der Waals surface area contributed by atoms with Crippen LogP contribution in [0, 0.1) is 31.3 Å². The Hall–Kier alpha value is -2.24. The van der Waals surface area contributed by atoms with Gasteiger partial charge in [-0.05, 0) is 32.0 Å². The van der Waals surface area contributed by atoms with Crippen molar-refractivity contribution >= 4 is 11.6 Å². The molecule has 0 radical (unpaired) electrons. The number of rotatable bonds is 2. The van der Waals surface area contributed by atoms with Gasteiger partial charge in [-0.3, -0.25) is 4.79 Å². The Morgan fingerprint density at radius 3 is 2.42 bits per heavy atom. The van der Waals surface area contributed by atoms with Crippen molar-refractivity contribution < 1.29 is 18.0 Å². The fourth-order valence-corrected chi connectivity index (χ4v) is 1.77. The number of amides is 1. The maximum Gasteiger partial charge on any atom is 0.257 e. The Kier molecular flexibility index (Phi) is 3.33. The fraction of sp³-hybridized carbons (Fsp3) is 0.154. The number of hydrogen-bond acceptors (Lipinski definition) is 1. The predicted molar refractivity (Wildman–Crippen MR) is 64.5 cm³/mol. The smallest absolute Gasteiger partial charge is 0.257 e. The number of nitrogens with one attached hydrogen (secondary N) is 2. The minimum Gasteiger partial charge on any atom is -0.362 e. The molecule has 100 valence electrons. The van der Waals surface area contributed by atoms with Gasteiger partial charge in [0.2, 0.25) is 0 Å². The van der Waals surface area contributed by atoms with Crippen LogP contribution in [0.2, 0.25) is 0 Å². The zero-order valence-electron chi connectivity index (χ0n) is 10.3. The summed E-state index contributed by atoms with van der Waals surface area (Å²) in [6.07, 6.45) is 0. The summed E-state index contributed by atoms with van der Waals surface area (Å²) in [6.45, 7) is 3.45. The summed E-state index contributed by atoms with van der Waals surface area (Å²) < 4.78 is 39.2. The van der Waals surface area contributed by atoms with Gasteiger partial charge in [0.25, 0.3) is 5.91 Å². The summed E-state index contributed by atoms with van der Waals surface area (Å²) >= 11 is 0. The Bertz CT molecular complexity index is 650. The molecule has 0 spiro atoms. The number of carbonyl (C=O) groups excluding carboxylic acids is 1. The van der Waals surface area contributed by atoms with E-state index in [1.807, 2.05) is 0 Å². The van der Waals surface area contributed by atoms with E-state index in [9.17, 15) is 18.0 Å². The van der Waals surface area contributed by atoms with Gasteiger partial charge in [-0.2, -0.15) is 0 Å². The minimum absolute atomic E-state index is 0.321. The summed E-state index contributed by atoms with van der Waals surface area (Å²) in [5.74, 6) is -4.92. The van der Waals surface area contributed by atoms with Crippen LogP contribution in [-0.4, -0.2) is 10.9 Å². The standard InChI is InChI=1S/C13H11F3N2O/c1-6-5-8(7(2)17-6)13(19)18-10-4-3-9(14)11(15)12(10)16/h3-5,17H,1-2H3,(H,18,19). The molecule has 0 atom stereocenters. The van der Waals surface area contributed by atoms with E-state index in [0.29, 0.717) is 11.3 Å². The number of halogens is 3. The molecule has 0 saturated heterocycles. The molecule has 3 nitrogen and oxygen atoms in total. The largest absolute Gasteiger partial charge is 0.362 e. The molecular weight excluding hydrogens is 257 g/mol. The maximum atomic E-state index is 13.4. The molecule has 1 aromatic carbocycles. The number of carbonyl (C=O) groups is 1. The third kappa shape index (κ3) is 2.47. The van der Waals surface area contributed by atoms with E-state index in [-0.39, 0.29) is 0 Å². The number of hydrogen-bond donors (Lipinski definition) is 2. The Labute approximate surface area is 107 Å². The van der Waals surface area contributed by atoms with Crippen molar-refractivity contribution in [2.45, 2.75) is 13.8 Å². The SMILES string of the molecule is Cc1cc(C(=O)Nc2ccc(F)c(F)c2F)c(C)[nH]1. The summed E-state index contributed by atoms with van der Waals surface area (Å²) in [7, 11) is 0. The summed E-state index contributed by atoms with van der Waals surface area (Å²) in [5.41, 5.74) is 1.30. The number of H-pyrrole nitrogens is 1. The predicted octanol–water partition coefficient (Wildman–Crippen LogP) is 3.30. The lowest BCUT2D eigenvalue weighted by Gasteiger charge is -2.06. The molecule has 2 aromatic rings. The average molecular weight is 268 g/mol. The quantitative estimate of drug-likeness (QED) is 0.806. The average Bonchev–Trinajstić information content (AvgIpc) is 2.69. The maximum absolute atomic E-state index is 13.4. The molecule has 19 heavy (non-hydrogen) atoms. The molecule has 2 rings (SSSR count). The van der Waals surface area contributed by atoms with Crippen LogP contribution in [-0.2, 0) is 0 Å². The lowest BCUT2D eigenvalue weighted by molar-refractivity contribution is 0.102. The van der Waals surface area contributed by atoms with E-state index in [1.54, 1.807) is 19.9 Å². The van der Waals surface area contributed by atoms with Gasteiger partial charge in [0.05, 0.1) is 11.3 Å². The highest BCUT2D eigenvalue weighted by Gasteiger charge is 2.17. The highest BCUT2D eigenvalue weighted by atomic mass is 19.2. The van der Waals surface area contributed by atoms with Crippen molar-refractivity contribution in [3.63, 3.8) is 0 Å². The summed E-state index contributed by atoms with van der Waals surface area (Å²) in [5, 5.41) is 2.21. The number of benzene rings is 1. The zero-order chi connectivity index (χ0) is 14.2. The lowest BCUT2D eigenvalue weighted by Crippen LogP contribution is -2.14. The van der Waals surface area contributed by atoms with Gasteiger partial charge < -0.3 is 10.3 Å². The fourth-order valence-electron chi connectivity index (χ4n) is 1.77. The van der Waals surface area contributed by atoms with E-state index in [4.69, 9.17) is 0 Å². The normalized spacial score (nSPS) is 10.6. The van der Waals surface area contributed by atoms with Crippen molar-refractivity contribution in [1.82, 2.24) is 4.98 Å². The molecule has 0 bridgehead atoms. The van der Waals surface area contributed by atoms with Gasteiger partial charge >= 0.3 is 0 Å². The first kappa shape index (κ1) is 13.2. The van der Waals surface area contributed by atoms with Gasteiger partial charge in [-0.1, -0.05) is 0 Å². The molecule has 0 saturated carbocycles. The topological polar surface area (TPSA) is 44.9 Å². The van der Waals surface area contributed by atoms with E-state index in [1.165, 1.54) is 0 Å². The minimum atomic E-state index is -1.61. The second kappa shape index (κ2) is 4.79. The molecule has 0 aliphatic carbocycles. The molecule has 1 amide bonds. The monoisotopic (exact) mass is 268 g/mol. The van der Waals surface area contributed by atoms with Crippen LogP contribution < -0.4 is 5.32 Å². The number of aromatic nitrogens is 1. The molecule has 0 aliphatic heterocycles.